The molecular weight excluding hydrogens is 386 g/mol. The first-order valence-electron chi connectivity index (χ1n) is 9.61. The first kappa shape index (κ1) is 21.2. The van der Waals surface area contributed by atoms with Crippen LogP contribution in [0.4, 0.5) is 9.59 Å². The maximum absolute atomic E-state index is 12.0. The molecule has 8 heteroatoms. The first-order chi connectivity index (χ1) is 14.2. The summed E-state index contributed by atoms with van der Waals surface area (Å²) in [6.45, 7) is 4.90. The van der Waals surface area contributed by atoms with Crippen molar-refractivity contribution in [2.24, 2.45) is 0 Å². The van der Waals surface area contributed by atoms with E-state index in [-0.39, 0.29) is 19.1 Å². The number of rotatable bonds is 4. The molecule has 0 atom stereocenters. The third kappa shape index (κ3) is 5.28. The fourth-order valence-corrected chi connectivity index (χ4v) is 3.27. The molecular formula is C22H25N3O5. The van der Waals surface area contributed by atoms with Crippen LogP contribution in [0.3, 0.4) is 0 Å². The highest BCUT2D eigenvalue weighted by Crippen LogP contribution is 2.44. The maximum atomic E-state index is 12.0. The molecule has 0 aliphatic heterocycles. The molecule has 0 fully saturated rings. The van der Waals surface area contributed by atoms with Crippen LogP contribution in [0.2, 0.25) is 0 Å². The van der Waals surface area contributed by atoms with E-state index in [0.29, 0.717) is 0 Å². The predicted molar refractivity (Wildman–Crippen MR) is 111 cm³/mol. The molecule has 0 unspecified atom stereocenters. The van der Waals surface area contributed by atoms with Crippen LogP contribution in [0.1, 0.15) is 37.8 Å². The summed E-state index contributed by atoms with van der Waals surface area (Å²) in [6, 6.07) is 16.0. The molecule has 30 heavy (non-hydrogen) atoms. The van der Waals surface area contributed by atoms with Gasteiger partial charge in [-0.3, -0.25) is 10.2 Å². The Bertz CT molecular complexity index is 906. The number of ether oxygens (including phenoxy) is 2. The number of fused-ring (bicyclic) bond motifs is 3. The molecule has 3 rings (SSSR count). The number of hydrogen-bond donors (Lipinski definition) is 3. The molecule has 0 bridgehead atoms. The lowest BCUT2D eigenvalue weighted by molar-refractivity contribution is -0.121. The summed E-state index contributed by atoms with van der Waals surface area (Å²) in [4.78, 5) is 35.3. The highest BCUT2D eigenvalue weighted by atomic mass is 16.6. The molecule has 0 saturated carbocycles. The number of benzene rings is 2. The summed E-state index contributed by atoms with van der Waals surface area (Å²) in [5, 5.41) is 2.36. The zero-order valence-electron chi connectivity index (χ0n) is 17.2. The van der Waals surface area contributed by atoms with Crippen molar-refractivity contribution in [2.45, 2.75) is 32.3 Å². The second kappa shape index (κ2) is 8.86. The highest BCUT2D eigenvalue weighted by molar-refractivity contribution is 5.84. The van der Waals surface area contributed by atoms with Gasteiger partial charge in [0.1, 0.15) is 18.8 Å². The normalized spacial score (nSPS) is 12.4. The molecule has 1 aliphatic carbocycles. The number of hydrogen-bond acceptors (Lipinski definition) is 5. The van der Waals surface area contributed by atoms with E-state index in [9.17, 15) is 14.4 Å². The zero-order valence-corrected chi connectivity index (χ0v) is 17.2. The topological polar surface area (TPSA) is 106 Å². The number of hydrazine groups is 1. The van der Waals surface area contributed by atoms with Crippen LogP contribution in [-0.4, -0.2) is 36.8 Å². The molecule has 3 amide bonds. The second-order valence-corrected chi connectivity index (χ2v) is 7.85. The number of amides is 3. The van der Waals surface area contributed by atoms with Crippen LogP contribution in [-0.2, 0) is 14.3 Å². The minimum atomic E-state index is -0.794. The van der Waals surface area contributed by atoms with Crippen molar-refractivity contribution in [1.29, 1.82) is 0 Å². The Hall–Kier alpha value is -3.55. The summed E-state index contributed by atoms with van der Waals surface area (Å²) in [5.41, 5.74) is 8.05. The third-order valence-corrected chi connectivity index (χ3v) is 4.44. The van der Waals surface area contributed by atoms with Crippen molar-refractivity contribution in [3.8, 4) is 11.1 Å². The lowest BCUT2D eigenvalue weighted by Crippen LogP contribution is -2.48. The van der Waals surface area contributed by atoms with Crippen LogP contribution in [0.25, 0.3) is 11.1 Å². The Morgan fingerprint density at radius 3 is 2.00 bits per heavy atom. The fourth-order valence-electron chi connectivity index (χ4n) is 3.27. The van der Waals surface area contributed by atoms with Crippen molar-refractivity contribution in [1.82, 2.24) is 16.2 Å². The summed E-state index contributed by atoms with van der Waals surface area (Å²) in [7, 11) is 0. The van der Waals surface area contributed by atoms with Gasteiger partial charge in [0.25, 0.3) is 5.91 Å². The average Bonchev–Trinajstić information content (AvgIpc) is 3.02. The lowest BCUT2D eigenvalue weighted by Gasteiger charge is -2.19. The Morgan fingerprint density at radius 2 is 1.43 bits per heavy atom. The lowest BCUT2D eigenvalue weighted by atomic mass is 9.98. The largest absolute Gasteiger partial charge is 0.449 e. The van der Waals surface area contributed by atoms with Gasteiger partial charge in [-0.05, 0) is 43.0 Å². The molecule has 8 nitrogen and oxygen atoms in total. The summed E-state index contributed by atoms with van der Waals surface area (Å²) in [6.07, 6.45) is -1.51. The van der Waals surface area contributed by atoms with Gasteiger partial charge >= 0.3 is 12.2 Å². The molecule has 3 N–H and O–H groups in total. The average molecular weight is 411 g/mol. The molecule has 0 aromatic heterocycles. The van der Waals surface area contributed by atoms with Crippen LogP contribution >= 0.6 is 0 Å². The van der Waals surface area contributed by atoms with Crippen LogP contribution < -0.4 is 16.2 Å². The van der Waals surface area contributed by atoms with Crippen LogP contribution in [0.15, 0.2) is 48.5 Å². The van der Waals surface area contributed by atoms with E-state index in [4.69, 9.17) is 9.47 Å². The smallest absolute Gasteiger partial charge is 0.426 e. The molecule has 158 valence electrons. The van der Waals surface area contributed by atoms with Crippen molar-refractivity contribution < 1.29 is 23.9 Å². The van der Waals surface area contributed by atoms with E-state index in [2.05, 4.69) is 28.3 Å². The van der Waals surface area contributed by atoms with Gasteiger partial charge in [-0.1, -0.05) is 48.5 Å². The van der Waals surface area contributed by atoms with Gasteiger partial charge in [-0.2, -0.15) is 0 Å². The summed E-state index contributed by atoms with van der Waals surface area (Å²) >= 11 is 0. The highest BCUT2D eigenvalue weighted by Gasteiger charge is 2.29. The number of carbonyl (C=O) groups is 3. The van der Waals surface area contributed by atoms with Crippen LogP contribution in [0.5, 0.6) is 0 Å². The number of carbonyl (C=O) groups excluding carboxylic acids is 3. The molecule has 2 aromatic carbocycles. The zero-order chi connectivity index (χ0) is 21.7. The Balaban J connectivity index is 1.46. The number of alkyl carbamates (subject to hydrolysis) is 1. The molecule has 0 saturated heterocycles. The van der Waals surface area contributed by atoms with Gasteiger partial charge in [0.05, 0.1) is 0 Å². The monoisotopic (exact) mass is 411 g/mol. The van der Waals surface area contributed by atoms with Gasteiger partial charge < -0.3 is 14.8 Å². The van der Waals surface area contributed by atoms with Crippen molar-refractivity contribution in [2.75, 3.05) is 13.2 Å². The maximum Gasteiger partial charge on any atom is 0.426 e. The number of nitrogens with one attached hydrogen (secondary N) is 3. The second-order valence-electron chi connectivity index (χ2n) is 7.85. The predicted octanol–water partition coefficient (Wildman–Crippen LogP) is 3.08. The Labute approximate surface area is 174 Å². The van der Waals surface area contributed by atoms with Crippen molar-refractivity contribution in [3.63, 3.8) is 0 Å². The Morgan fingerprint density at radius 1 is 0.867 bits per heavy atom. The molecule has 0 heterocycles. The molecule has 2 aromatic rings. The first-order valence-corrected chi connectivity index (χ1v) is 9.61. The SMILES string of the molecule is CC(C)(C)OC(=O)NNC(=O)CNC(=O)OCC1c2ccccc2-c2ccccc21. The summed E-state index contributed by atoms with van der Waals surface area (Å²) < 4.78 is 10.3. The van der Waals surface area contributed by atoms with Gasteiger partial charge in [-0.15, -0.1) is 0 Å². The van der Waals surface area contributed by atoms with E-state index in [1.54, 1.807) is 20.8 Å². The molecule has 0 radical (unpaired) electrons. The standard InChI is InChI=1S/C22H25N3O5/c1-22(2,3)30-21(28)25-24-19(26)12-23-20(27)29-13-18-16-10-6-4-8-14(16)15-9-5-7-11-17(15)18/h4-11,18H,12-13H2,1-3H3,(H,23,27)(H,24,26)(H,25,28). The quantitative estimate of drug-likeness (QED) is 0.671. The summed E-state index contributed by atoms with van der Waals surface area (Å²) in [5.74, 6) is -0.680. The molecule has 1 aliphatic rings. The van der Waals surface area contributed by atoms with E-state index in [1.807, 2.05) is 36.4 Å². The van der Waals surface area contributed by atoms with Crippen molar-refractivity contribution in [3.05, 3.63) is 59.7 Å². The van der Waals surface area contributed by atoms with E-state index in [0.717, 1.165) is 22.3 Å². The fraction of sp³-hybridized carbons (Fsp3) is 0.318. The minimum absolute atomic E-state index is 0.0641. The van der Waals surface area contributed by atoms with E-state index >= 15 is 0 Å². The third-order valence-electron chi connectivity index (χ3n) is 4.44. The van der Waals surface area contributed by atoms with Crippen LogP contribution in [0, 0.1) is 0 Å². The minimum Gasteiger partial charge on any atom is -0.449 e. The Kier molecular flexibility index (Phi) is 6.25. The van der Waals surface area contributed by atoms with Gasteiger partial charge in [0, 0.05) is 5.92 Å². The van der Waals surface area contributed by atoms with Gasteiger partial charge in [0.2, 0.25) is 0 Å². The van der Waals surface area contributed by atoms with E-state index in [1.165, 1.54) is 0 Å². The van der Waals surface area contributed by atoms with Gasteiger partial charge in [-0.25, -0.2) is 15.0 Å². The molecule has 0 spiro atoms. The van der Waals surface area contributed by atoms with Crippen molar-refractivity contribution >= 4 is 18.1 Å². The van der Waals surface area contributed by atoms with Gasteiger partial charge in [0.15, 0.2) is 0 Å². The van der Waals surface area contributed by atoms with E-state index < -0.39 is 23.7 Å².